The Bertz CT molecular complexity index is 1860. The standard InChI is InChI=1S/C52H69N5O5/c1-2-3-4-5-6-7-8-9-10-11-12-19-26-48(58)53-41-25-20-31-56(34-41)51(61)39-27-29-40(30-28-39)52(62)57-35-44(49(59)54-46-32-42(46)37-21-15-13-16-22-37)45(36-57)50(60)55-47-33-43(47)38-23-17-14-18-24-38/h13-18,21-24,27-30,41-47H,2-12,19-20,25-26,31-36H2,1H3,(H,53,58)(H,54,59)(H,55,60)/t41-,42-,43-,44-,45-,46+,47+/m1/s1. The predicted molar refractivity (Wildman–Crippen MR) is 244 cm³/mol. The molecule has 7 atom stereocenters. The SMILES string of the molecule is CCCCCCCCCCCCCCC(=O)N[C@@H]1CCCN(C(=O)c2ccc(C(=O)N3C[C@@H](C(=O)N[C@H]4C[C@@H]4c4ccccc4)[C@H](C(=O)N[C@H]4C[C@@H]4c4ccccc4)C3)cc2)C1. The molecule has 2 aliphatic heterocycles. The van der Waals surface area contributed by atoms with Crippen LogP contribution in [0.4, 0.5) is 0 Å². The fraction of sp³-hybridized carbons (Fsp3) is 0.558. The van der Waals surface area contributed by atoms with Gasteiger partial charge in [0.05, 0.1) is 11.8 Å². The zero-order valence-corrected chi connectivity index (χ0v) is 36.9. The Morgan fingerprint density at radius 3 is 1.47 bits per heavy atom. The second kappa shape index (κ2) is 22.4. The Morgan fingerprint density at radius 2 is 0.984 bits per heavy atom. The minimum atomic E-state index is -0.678. The van der Waals surface area contributed by atoms with Crippen molar-refractivity contribution in [3.8, 4) is 0 Å². The molecule has 0 radical (unpaired) electrons. The van der Waals surface area contributed by atoms with Crippen molar-refractivity contribution in [2.75, 3.05) is 26.2 Å². The molecule has 5 amide bonds. The molecule has 7 rings (SSSR count). The van der Waals surface area contributed by atoms with Crippen molar-refractivity contribution in [1.29, 1.82) is 0 Å². The van der Waals surface area contributed by atoms with Crippen LogP contribution in [0, 0.1) is 11.8 Å². The van der Waals surface area contributed by atoms with E-state index in [1.165, 1.54) is 75.3 Å². The highest BCUT2D eigenvalue weighted by Gasteiger charge is 2.49. The molecule has 10 heteroatoms. The zero-order valence-electron chi connectivity index (χ0n) is 36.9. The van der Waals surface area contributed by atoms with E-state index in [2.05, 4.69) is 47.1 Å². The number of rotatable bonds is 22. The molecule has 3 N–H and O–H groups in total. The number of nitrogens with one attached hydrogen (secondary N) is 3. The van der Waals surface area contributed by atoms with Gasteiger partial charge >= 0.3 is 0 Å². The van der Waals surface area contributed by atoms with Crippen molar-refractivity contribution in [2.45, 2.75) is 146 Å². The number of hydrogen-bond donors (Lipinski definition) is 3. The van der Waals surface area contributed by atoms with E-state index in [-0.39, 0.29) is 72.6 Å². The molecule has 2 saturated carbocycles. The molecule has 62 heavy (non-hydrogen) atoms. The molecule has 0 bridgehead atoms. The average molecular weight is 844 g/mol. The molecule has 3 aromatic rings. The van der Waals surface area contributed by atoms with Gasteiger partial charge in [0.2, 0.25) is 17.7 Å². The van der Waals surface area contributed by atoms with Crippen molar-refractivity contribution in [3.63, 3.8) is 0 Å². The highest BCUT2D eigenvalue weighted by molar-refractivity contribution is 5.99. The highest BCUT2D eigenvalue weighted by Crippen LogP contribution is 2.42. The smallest absolute Gasteiger partial charge is 0.253 e. The largest absolute Gasteiger partial charge is 0.352 e. The summed E-state index contributed by atoms with van der Waals surface area (Å²) in [6.45, 7) is 3.61. The third-order valence-corrected chi connectivity index (χ3v) is 13.7. The van der Waals surface area contributed by atoms with Gasteiger partial charge in [-0.05, 0) is 67.5 Å². The third kappa shape index (κ3) is 12.6. The van der Waals surface area contributed by atoms with Gasteiger partial charge < -0.3 is 25.8 Å². The van der Waals surface area contributed by atoms with Crippen LogP contribution >= 0.6 is 0 Å². The lowest BCUT2D eigenvalue weighted by Gasteiger charge is -2.33. The monoisotopic (exact) mass is 844 g/mol. The van der Waals surface area contributed by atoms with E-state index >= 15 is 0 Å². The van der Waals surface area contributed by atoms with Crippen LogP contribution in [0.25, 0.3) is 0 Å². The number of hydrogen-bond acceptors (Lipinski definition) is 5. The first-order valence-corrected chi connectivity index (χ1v) is 24.0. The Hall–Kier alpha value is -4.99. The summed E-state index contributed by atoms with van der Waals surface area (Å²) in [5, 5.41) is 9.58. The van der Waals surface area contributed by atoms with E-state index in [1.54, 1.807) is 34.1 Å². The summed E-state index contributed by atoms with van der Waals surface area (Å²) in [5.74, 6) is -1.58. The maximum atomic E-state index is 14.0. The minimum absolute atomic E-state index is 0.00449. The molecule has 3 aromatic carbocycles. The third-order valence-electron chi connectivity index (χ3n) is 13.7. The van der Waals surface area contributed by atoms with Gasteiger partial charge in [-0.2, -0.15) is 0 Å². The maximum Gasteiger partial charge on any atom is 0.253 e. The summed E-state index contributed by atoms with van der Waals surface area (Å²) < 4.78 is 0. The second-order valence-corrected chi connectivity index (χ2v) is 18.5. The van der Waals surface area contributed by atoms with Crippen LogP contribution in [0.5, 0.6) is 0 Å². The van der Waals surface area contributed by atoms with Gasteiger partial charge in [-0.3, -0.25) is 24.0 Å². The van der Waals surface area contributed by atoms with Crippen molar-refractivity contribution >= 4 is 29.5 Å². The van der Waals surface area contributed by atoms with E-state index < -0.39 is 11.8 Å². The molecule has 10 nitrogen and oxygen atoms in total. The molecule has 2 aliphatic carbocycles. The van der Waals surface area contributed by atoms with Gasteiger partial charge in [0, 0.05) is 73.7 Å². The van der Waals surface area contributed by atoms with Gasteiger partial charge in [0.15, 0.2) is 0 Å². The molecule has 4 aliphatic rings. The summed E-state index contributed by atoms with van der Waals surface area (Å²) in [6, 6.07) is 26.9. The number of piperidine rings is 1. The summed E-state index contributed by atoms with van der Waals surface area (Å²) in [6.07, 6.45) is 19.0. The number of unbranched alkanes of at least 4 members (excludes halogenated alkanes) is 11. The summed E-state index contributed by atoms with van der Waals surface area (Å²) >= 11 is 0. The number of nitrogens with zero attached hydrogens (tertiary/aromatic N) is 2. The lowest BCUT2D eigenvalue weighted by molar-refractivity contribution is -0.133. The normalized spacial score (nSPS) is 24.0. The average Bonchev–Trinajstić information content (AvgIpc) is 4.21. The van der Waals surface area contributed by atoms with Crippen molar-refractivity contribution in [2.24, 2.45) is 11.8 Å². The van der Waals surface area contributed by atoms with E-state index in [9.17, 15) is 24.0 Å². The highest BCUT2D eigenvalue weighted by atomic mass is 16.2. The Balaban J connectivity index is 0.873. The molecule has 332 valence electrons. The summed E-state index contributed by atoms with van der Waals surface area (Å²) in [7, 11) is 0. The molecular weight excluding hydrogens is 775 g/mol. The van der Waals surface area contributed by atoms with Crippen molar-refractivity contribution in [1.82, 2.24) is 25.8 Å². The first kappa shape index (κ1) is 45.0. The Labute approximate surface area is 369 Å². The Morgan fingerprint density at radius 1 is 0.532 bits per heavy atom. The molecular formula is C52H69N5O5. The van der Waals surface area contributed by atoms with Gasteiger partial charge in [0.25, 0.3) is 11.8 Å². The van der Waals surface area contributed by atoms with Gasteiger partial charge in [-0.1, -0.05) is 138 Å². The van der Waals surface area contributed by atoms with Crippen LogP contribution in [0.2, 0.25) is 0 Å². The summed E-state index contributed by atoms with van der Waals surface area (Å²) in [5.41, 5.74) is 3.26. The fourth-order valence-corrected chi connectivity index (χ4v) is 9.75. The van der Waals surface area contributed by atoms with Crippen LogP contribution in [-0.2, 0) is 14.4 Å². The van der Waals surface area contributed by atoms with Crippen molar-refractivity contribution < 1.29 is 24.0 Å². The lowest BCUT2D eigenvalue weighted by atomic mass is 9.94. The first-order chi connectivity index (χ1) is 30.3. The molecule has 2 heterocycles. The predicted octanol–water partition coefficient (Wildman–Crippen LogP) is 8.53. The molecule has 2 saturated heterocycles. The van der Waals surface area contributed by atoms with Crippen LogP contribution in [-0.4, -0.2) is 83.6 Å². The topological polar surface area (TPSA) is 128 Å². The van der Waals surface area contributed by atoms with E-state index in [0.717, 1.165) is 38.5 Å². The first-order valence-electron chi connectivity index (χ1n) is 24.0. The number of likely N-dealkylation sites (tertiary alicyclic amines) is 2. The quantitative estimate of drug-likeness (QED) is 0.0875. The van der Waals surface area contributed by atoms with Gasteiger partial charge in [-0.15, -0.1) is 0 Å². The Kier molecular flexibility index (Phi) is 16.3. The van der Waals surface area contributed by atoms with Crippen LogP contribution in [0.1, 0.15) is 160 Å². The second-order valence-electron chi connectivity index (χ2n) is 18.5. The maximum absolute atomic E-state index is 14.0. The van der Waals surface area contributed by atoms with Crippen LogP contribution < -0.4 is 16.0 Å². The zero-order chi connectivity index (χ0) is 43.3. The van der Waals surface area contributed by atoms with Crippen LogP contribution in [0.3, 0.4) is 0 Å². The fourth-order valence-electron chi connectivity index (χ4n) is 9.75. The number of amides is 5. The molecule has 0 aromatic heterocycles. The number of carbonyl (C=O) groups is 5. The summed E-state index contributed by atoms with van der Waals surface area (Å²) in [4.78, 5) is 71.6. The number of carbonyl (C=O) groups excluding carboxylic acids is 5. The van der Waals surface area contributed by atoms with Gasteiger partial charge in [-0.25, -0.2) is 0 Å². The van der Waals surface area contributed by atoms with Crippen LogP contribution in [0.15, 0.2) is 84.9 Å². The van der Waals surface area contributed by atoms with Gasteiger partial charge in [0.1, 0.15) is 0 Å². The minimum Gasteiger partial charge on any atom is -0.352 e. The number of benzene rings is 3. The lowest BCUT2D eigenvalue weighted by Crippen LogP contribution is -2.49. The van der Waals surface area contributed by atoms with Crippen molar-refractivity contribution in [3.05, 3.63) is 107 Å². The molecule has 0 spiro atoms. The van der Waals surface area contributed by atoms with E-state index in [0.29, 0.717) is 30.6 Å². The molecule has 0 unspecified atom stereocenters. The van der Waals surface area contributed by atoms with E-state index in [4.69, 9.17) is 0 Å². The van der Waals surface area contributed by atoms with E-state index in [1.807, 2.05) is 36.4 Å². The molecule has 4 fully saturated rings.